The number of carboxylic acid groups (broad SMARTS) is 1. The number of carbonyl (C=O) groups is 4. The standard InChI is InChI=1S/C34H59NO15/c36-31(5-2-1-3-10-35-32(37)7-8-33(35)38)6-4-11-41-13-15-43-17-19-45-21-23-47-25-27-49-29-30-50-28-26-48-24-22-46-20-18-44-16-14-42-12-9-34(39)40/h7-8H,1-6,9-30H2,(H,39,40). The van der Waals surface area contributed by atoms with Gasteiger partial charge >= 0.3 is 5.97 Å². The molecule has 0 spiro atoms. The molecule has 16 heteroatoms. The minimum atomic E-state index is -0.880. The van der Waals surface area contributed by atoms with E-state index in [1.807, 2.05) is 0 Å². The Bertz CT molecular complexity index is 871. The fourth-order valence-electron chi connectivity index (χ4n) is 4.16. The van der Waals surface area contributed by atoms with Crippen LogP contribution in [0.4, 0.5) is 0 Å². The first-order valence-corrected chi connectivity index (χ1v) is 17.5. The highest BCUT2D eigenvalue weighted by Crippen LogP contribution is 2.09. The molecule has 1 rings (SSSR count). The molecule has 1 aliphatic rings. The summed E-state index contributed by atoms with van der Waals surface area (Å²) in [4.78, 5) is 46.5. The number of ketones is 1. The van der Waals surface area contributed by atoms with Crippen LogP contribution < -0.4 is 0 Å². The highest BCUT2D eigenvalue weighted by Gasteiger charge is 2.22. The van der Waals surface area contributed by atoms with Gasteiger partial charge < -0.3 is 52.5 Å². The Labute approximate surface area is 295 Å². The molecule has 0 fully saturated rings. The summed E-state index contributed by atoms with van der Waals surface area (Å²) in [7, 11) is 0. The molecule has 1 heterocycles. The van der Waals surface area contributed by atoms with Gasteiger partial charge in [-0.3, -0.25) is 24.1 Å². The van der Waals surface area contributed by atoms with Crippen LogP contribution >= 0.6 is 0 Å². The summed E-state index contributed by atoms with van der Waals surface area (Å²) in [5.41, 5.74) is 0. The van der Waals surface area contributed by atoms with Crippen molar-refractivity contribution in [2.75, 3.05) is 139 Å². The molecule has 16 nitrogen and oxygen atoms in total. The molecule has 0 aromatic heterocycles. The van der Waals surface area contributed by atoms with Crippen molar-refractivity contribution in [1.82, 2.24) is 4.90 Å². The number of nitrogens with zero attached hydrogens (tertiary/aromatic N) is 1. The van der Waals surface area contributed by atoms with E-state index in [1.54, 1.807) is 0 Å². The average molecular weight is 722 g/mol. The predicted octanol–water partition coefficient (Wildman–Crippen LogP) is 1.46. The Morgan fingerprint density at radius 1 is 0.420 bits per heavy atom. The predicted molar refractivity (Wildman–Crippen MR) is 179 cm³/mol. The zero-order valence-corrected chi connectivity index (χ0v) is 29.6. The molecular weight excluding hydrogens is 662 g/mol. The Morgan fingerprint density at radius 3 is 1.10 bits per heavy atom. The van der Waals surface area contributed by atoms with Crippen molar-refractivity contribution >= 4 is 23.6 Å². The first kappa shape index (κ1) is 45.6. The van der Waals surface area contributed by atoms with Crippen molar-refractivity contribution < 1.29 is 71.7 Å². The zero-order valence-electron chi connectivity index (χ0n) is 29.6. The lowest BCUT2D eigenvalue weighted by molar-refractivity contribution is -0.139. The number of hydrogen-bond acceptors (Lipinski definition) is 14. The summed E-state index contributed by atoms with van der Waals surface area (Å²) in [6, 6.07) is 0. The number of rotatable bonds is 40. The number of aliphatic carboxylic acids is 1. The third-order valence-corrected chi connectivity index (χ3v) is 6.79. The Balaban J connectivity index is 1.65. The van der Waals surface area contributed by atoms with Gasteiger partial charge in [-0.2, -0.15) is 0 Å². The van der Waals surface area contributed by atoms with Gasteiger partial charge in [0.2, 0.25) is 0 Å². The van der Waals surface area contributed by atoms with Gasteiger partial charge in [0.15, 0.2) is 0 Å². The molecule has 290 valence electrons. The van der Waals surface area contributed by atoms with Crippen LogP contribution in [0.5, 0.6) is 0 Å². The third-order valence-electron chi connectivity index (χ3n) is 6.79. The third kappa shape index (κ3) is 30.4. The van der Waals surface area contributed by atoms with Crippen LogP contribution in [0.25, 0.3) is 0 Å². The second-order valence-electron chi connectivity index (χ2n) is 10.9. The molecule has 0 radical (unpaired) electrons. The normalized spacial score (nSPS) is 12.8. The zero-order chi connectivity index (χ0) is 36.2. The molecule has 1 aliphatic heterocycles. The minimum absolute atomic E-state index is 0.00912. The molecule has 0 aromatic carbocycles. The number of Topliss-reactive ketones (excluding diaryl/α,β-unsaturated/α-hetero) is 1. The molecule has 0 saturated heterocycles. The van der Waals surface area contributed by atoms with Crippen LogP contribution in [0, 0.1) is 0 Å². The summed E-state index contributed by atoms with van der Waals surface area (Å²) >= 11 is 0. The fourth-order valence-corrected chi connectivity index (χ4v) is 4.16. The maximum absolute atomic E-state index is 12.0. The summed E-state index contributed by atoms with van der Waals surface area (Å²) < 4.78 is 54.1. The van der Waals surface area contributed by atoms with Gasteiger partial charge in [-0.15, -0.1) is 0 Å². The maximum atomic E-state index is 12.0. The molecule has 0 aliphatic carbocycles. The average Bonchev–Trinajstić information content (AvgIpc) is 3.42. The van der Waals surface area contributed by atoms with E-state index in [9.17, 15) is 19.2 Å². The van der Waals surface area contributed by atoms with E-state index < -0.39 is 5.97 Å². The van der Waals surface area contributed by atoms with Gasteiger partial charge in [-0.1, -0.05) is 6.42 Å². The van der Waals surface area contributed by atoms with E-state index in [1.165, 1.54) is 17.1 Å². The van der Waals surface area contributed by atoms with Crippen molar-refractivity contribution in [1.29, 1.82) is 0 Å². The summed E-state index contributed by atoms with van der Waals surface area (Å²) in [6.45, 7) is 9.31. The highest BCUT2D eigenvalue weighted by molar-refractivity contribution is 6.12. The van der Waals surface area contributed by atoms with Crippen LogP contribution in [0.1, 0.15) is 44.9 Å². The first-order valence-electron chi connectivity index (χ1n) is 17.5. The molecule has 0 bridgehead atoms. The largest absolute Gasteiger partial charge is 0.481 e. The van der Waals surface area contributed by atoms with Crippen molar-refractivity contribution in [3.8, 4) is 0 Å². The van der Waals surface area contributed by atoms with Crippen LogP contribution in [0.2, 0.25) is 0 Å². The van der Waals surface area contributed by atoms with Crippen molar-refractivity contribution in [3.05, 3.63) is 12.2 Å². The first-order chi connectivity index (χ1) is 24.5. The molecule has 0 atom stereocenters. The number of imide groups is 1. The maximum Gasteiger partial charge on any atom is 0.305 e. The van der Waals surface area contributed by atoms with Crippen LogP contribution in [-0.2, 0) is 66.5 Å². The minimum Gasteiger partial charge on any atom is -0.481 e. The van der Waals surface area contributed by atoms with Gasteiger partial charge in [0.05, 0.1) is 132 Å². The fraction of sp³-hybridized carbons (Fsp3) is 0.824. The van der Waals surface area contributed by atoms with Crippen LogP contribution in [-0.4, -0.2) is 172 Å². The molecular formula is C34H59NO15. The van der Waals surface area contributed by atoms with Crippen LogP contribution in [0.15, 0.2) is 12.2 Å². The topological polar surface area (TPSA) is 184 Å². The summed E-state index contributed by atoms with van der Waals surface area (Å²) in [6.07, 6.45) is 6.49. The molecule has 2 amide bonds. The Morgan fingerprint density at radius 2 is 0.740 bits per heavy atom. The Hall–Kier alpha value is -2.38. The number of unbranched alkanes of at least 4 members (excludes halogenated alkanes) is 2. The van der Waals surface area contributed by atoms with Crippen molar-refractivity contribution in [2.24, 2.45) is 0 Å². The highest BCUT2D eigenvalue weighted by atomic mass is 16.6. The second-order valence-corrected chi connectivity index (χ2v) is 10.9. The quantitative estimate of drug-likeness (QED) is 0.0708. The molecule has 0 aromatic rings. The number of ether oxygens (including phenoxy) is 10. The van der Waals surface area contributed by atoms with Gasteiger partial charge in [0.1, 0.15) is 5.78 Å². The summed E-state index contributed by atoms with van der Waals surface area (Å²) in [5, 5.41) is 8.49. The van der Waals surface area contributed by atoms with E-state index in [2.05, 4.69) is 0 Å². The number of hydrogen-bond donors (Lipinski definition) is 1. The number of carboxylic acids is 1. The molecule has 1 N–H and O–H groups in total. The smallest absolute Gasteiger partial charge is 0.305 e. The lowest BCUT2D eigenvalue weighted by Crippen LogP contribution is -2.30. The molecule has 0 unspecified atom stereocenters. The summed E-state index contributed by atoms with van der Waals surface area (Å²) in [5.74, 6) is -1.20. The lowest BCUT2D eigenvalue weighted by atomic mass is 10.1. The van der Waals surface area contributed by atoms with Gasteiger partial charge in [-0.05, 0) is 19.3 Å². The monoisotopic (exact) mass is 721 g/mol. The van der Waals surface area contributed by atoms with E-state index >= 15 is 0 Å². The molecule has 50 heavy (non-hydrogen) atoms. The second kappa shape index (κ2) is 35.0. The van der Waals surface area contributed by atoms with E-state index in [4.69, 9.17) is 52.5 Å². The Kier molecular flexibility index (Phi) is 32.0. The van der Waals surface area contributed by atoms with E-state index in [0.29, 0.717) is 158 Å². The molecule has 0 saturated carbocycles. The van der Waals surface area contributed by atoms with Gasteiger partial charge in [-0.25, -0.2) is 0 Å². The van der Waals surface area contributed by atoms with E-state index in [-0.39, 0.29) is 30.6 Å². The van der Waals surface area contributed by atoms with E-state index in [0.717, 1.165) is 12.8 Å². The number of amides is 2. The lowest BCUT2D eigenvalue weighted by Gasteiger charge is -2.12. The van der Waals surface area contributed by atoms with Gasteiger partial charge in [0.25, 0.3) is 11.8 Å². The van der Waals surface area contributed by atoms with Crippen LogP contribution in [0.3, 0.4) is 0 Å². The SMILES string of the molecule is O=C(O)CCOCCOCCOCCOCCOCCOCCOCCOCCOCCOCCCC(=O)CCCCCN1C(=O)C=CC1=O. The van der Waals surface area contributed by atoms with Gasteiger partial charge in [0, 0.05) is 38.1 Å². The van der Waals surface area contributed by atoms with Crippen molar-refractivity contribution in [3.63, 3.8) is 0 Å². The van der Waals surface area contributed by atoms with Crippen molar-refractivity contribution in [2.45, 2.75) is 44.9 Å². The number of carbonyl (C=O) groups excluding carboxylic acids is 3.